The van der Waals surface area contributed by atoms with E-state index in [1.54, 1.807) is 0 Å². The van der Waals surface area contributed by atoms with Crippen molar-refractivity contribution in [1.82, 2.24) is 0 Å². The molecule has 0 aromatic heterocycles. The molecule has 1 saturated heterocycles. The molecule has 45 heavy (non-hydrogen) atoms. The Morgan fingerprint density at radius 3 is 2.22 bits per heavy atom. The standard InChI is InChI=1S/C36H62O9/c1-19(2)10-9-13-36(8,43)20-11-15-34(6)26(20)21(38)16-24-33(5)14-12-25(39)32(3,4)30(33)22(17-35(24,34)7)44-31-29(42)28(41)27(40)23(18-37)45-31/h10,20-31,37-43H,9,11-18H2,1-8H3/t20-,21+,22-,23-,24-,25+,26+,27-,28+,29-,30+,31-,33-,34+,35-,36-/m1/s1. The van der Waals surface area contributed by atoms with Crippen LogP contribution in [0.1, 0.15) is 107 Å². The smallest absolute Gasteiger partial charge is 0.186 e. The maximum Gasteiger partial charge on any atom is 0.186 e. The lowest BCUT2D eigenvalue weighted by molar-refractivity contribution is -0.346. The molecule has 260 valence electrons. The molecule has 0 amide bonds. The number of allylic oxidation sites excluding steroid dienone is 2. The van der Waals surface area contributed by atoms with E-state index in [0.717, 1.165) is 25.7 Å². The highest BCUT2D eigenvalue weighted by molar-refractivity contribution is 5.22. The Balaban J connectivity index is 1.54. The van der Waals surface area contributed by atoms with E-state index in [9.17, 15) is 35.7 Å². The van der Waals surface area contributed by atoms with Gasteiger partial charge >= 0.3 is 0 Å². The molecule has 0 spiro atoms. The normalized spacial score (nSPS) is 52.2. The second kappa shape index (κ2) is 12.1. The molecule has 7 N–H and O–H groups in total. The third kappa shape index (κ3) is 5.48. The topological polar surface area (TPSA) is 160 Å². The van der Waals surface area contributed by atoms with Crippen molar-refractivity contribution in [2.75, 3.05) is 6.61 Å². The molecule has 4 aliphatic carbocycles. The molecular weight excluding hydrogens is 576 g/mol. The van der Waals surface area contributed by atoms with E-state index >= 15 is 0 Å². The summed E-state index contributed by atoms with van der Waals surface area (Å²) in [5.74, 6) is -0.186. The molecule has 0 aromatic carbocycles. The predicted octanol–water partition coefficient (Wildman–Crippen LogP) is 3.30. The van der Waals surface area contributed by atoms with Gasteiger partial charge in [-0.1, -0.05) is 46.3 Å². The van der Waals surface area contributed by atoms with E-state index < -0.39 is 66.6 Å². The van der Waals surface area contributed by atoms with Crippen LogP contribution < -0.4 is 0 Å². The molecule has 1 heterocycles. The molecule has 5 rings (SSSR count). The van der Waals surface area contributed by atoms with Crippen LogP contribution in [0.2, 0.25) is 0 Å². The Morgan fingerprint density at radius 1 is 0.933 bits per heavy atom. The first-order chi connectivity index (χ1) is 20.8. The Kier molecular flexibility index (Phi) is 9.56. The zero-order valence-electron chi connectivity index (χ0n) is 28.8. The summed E-state index contributed by atoms with van der Waals surface area (Å²) < 4.78 is 12.6. The Hall–Kier alpha value is -0.620. The van der Waals surface area contributed by atoms with Crippen molar-refractivity contribution in [3.8, 4) is 0 Å². The Labute approximate surface area is 270 Å². The quantitative estimate of drug-likeness (QED) is 0.164. The van der Waals surface area contributed by atoms with Gasteiger partial charge in [0.1, 0.15) is 24.4 Å². The summed E-state index contributed by atoms with van der Waals surface area (Å²) in [4.78, 5) is 0. The van der Waals surface area contributed by atoms with Crippen molar-refractivity contribution in [2.45, 2.75) is 161 Å². The first-order valence-electron chi connectivity index (χ1n) is 17.4. The fourth-order valence-electron chi connectivity index (χ4n) is 11.9. The molecule has 4 saturated carbocycles. The second-order valence-electron chi connectivity index (χ2n) is 17.5. The fourth-order valence-corrected chi connectivity index (χ4v) is 11.9. The van der Waals surface area contributed by atoms with E-state index in [1.807, 2.05) is 6.92 Å². The van der Waals surface area contributed by atoms with Gasteiger partial charge in [0.2, 0.25) is 0 Å². The lowest BCUT2D eigenvalue weighted by atomic mass is 9.34. The van der Waals surface area contributed by atoms with E-state index in [4.69, 9.17) is 9.47 Å². The summed E-state index contributed by atoms with van der Waals surface area (Å²) in [6, 6.07) is 0. The van der Waals surface area contributed by atoms with Crippen molar-refractivity contribution >= 4 is 0 Å². The van der Waals surface area contributed by atoms with Crippen LogP contribution in [0.5, 0.6) is 0 Å². The lowest BCUT2D eigenvalue weighted by Crippen LogP contribution is -2.71. The molecular formula is C36H62O9. The highest BCUT2D eigenvalue weighted by Gasteiger charge is 2.73. The molecule has 9 heteroatoms. The zero-order chi connectivity index (χ0) is 33.5. The molecule has 0 unspecified atom stereocenters. The number of hydrogen-bond donors (Lipinski definition) is 7. The minimum atomic E-state index is -1.54. The van der Waals surface area contributed by atoms with Crippen LogP contribution in [0.15, 0.2) is 11.6 Å². The van der Waals surface area contributed by atoms with E-state index in [1.165, 1.54) is 5.57 Å². The van der Waals surface area contributed by atoms with Crippen LogP contribution in [0.4, 0.5) is 0 Å². The van der Waals surface area contributed by atoms with Crippen LogP contribution in [0, 0.1) is 45.3 Å². The van der Waals surface area contributed by atoms with Gasteiger partial charge in [0, 0.05) is 0 Å². The van der Waals surface area contributed by atoms with Crippen LogP contribution >= 0.6 is 0 Å². The summed E-state index contributed by atoms with van der Waals surface area (Å²) >= 11 is 0. The largest absolute Gasteiger partial charge is 0.394 e. The van der Waals surface area contributed by atoms with Crippen LogP contribution in [-0.4, -0.2) is 97.0 Å². The summed E-state index contributed by atoms with van der Waals surface area (Å²) in [7, 11) is 0. The number of rotatable bonds is 7. The number of aliphatic hydroxyl groups is 7. The van der Waals surface area contributed by atoms with Gasteiger partial charge in [0.15, 0.2) is 6.29 Å². The predicted molar refractivity (Wildman–Crippen MR) is 170 cm³/mol. The van der Waals surface area contributed by atoms with Crippen LogP contribution in [-0.2, 0) is 9.47 Å². The number of aliphatic hydroxyl groups excluding tert-OH is 6. The number of hydrogen-bond acceptors (Lipinski definition) is 9. The van der Waals surface area contributed by atoms with Gasteiger partial charge in [-0.25, -0.2) is 0 Å². The maximum atomic E-state index is 12.1. The number of ether oxygens (including phenoxy) is 2. The molecule has 0 bridgehead atoms. The van der Waals surface area contributed by atoms with Crippen molar-refractivity contribution in [3.63, 3.8) is 0 Å². The highest BCUT2D eigenvalue weighted by atomic mass is 16.7. The highest BCUT2D eigenvalue weighted by Crippen LogP contribution is 2.76. The Morgan fingerprint density at radius 2 is 1.60 bits per heavy atom. The van der Waals surface area contributed by atoms with Crippen molar-refractivity contribution in [3.05, 3.63) is 11.6 Å². The average Bonchev–Trinajstić information content (AvgIpc) is 3.33. The molecule has 1 aliphatic heterocycles. The van der Waals surface area contributed by atoms with Gasteiger partial charge < -0.3 is 45.2 Å². The van der Waals surface area contributed by atoms with Crippen LogP contribution in [0.25, 0.3) is 0 Å². The van der Waals surface area contributed by atoms with Gasteiger partial charge in [0.05, 0.1) is 30.5 Å². The van der Waals surface area contributed by atoms with E-state index in [0.29, 0.717) is 25.7 Å². The van der Waals surface area contributed by atoms with Crippen molar-refractivity contribution in [2.24, 2.45) is 45.3 Å². The SMILES string of the molecule is CC(C)=CCC[C@@](C)(O)[C@@H]1CC[C@@]2(C)[C@@H]1[C@@H](O)C[C@@H]1[C@@]3(C)CC[C@H](O)C(C)(C)[C@@H]3[C@H](O[C@@H]3O[C@H](CO)[C@@H](O)[C@H](O)[C@H]3O)C[C@]12C. The molecule has 5 fully saturated rings. The third-order valence-corrected chi connectivity index (χ3v) is 14.4. The molecule has 16 atom stereocenters. The van der Waals surface area contributed by atoms with Crippen molar-refractivity contribution in [1.29, 1.82) is 0 Å². The second-order valence-corrected chi connectivity index (χ2v) is 17.5. The molecule has 0 radical (unpaired) electrons. The minimum absolute atomic E-state index is 0.0548. The van der Waals surface area contributed by atoms with E-state index in [-0.39, 0.29) is 39.9 Å². The van der Waals surface area contributed by atoms with E-state index in [2.05, 4.69) is 54.5 Å². The summed E-state index contributed by atoms with van der Waals surface area (Å²) in [5.41, 5.74) is -1.21. The van der Waals surface area contributed by atoms with Gasteiger partial charge in [0.25, 0.3) is 0 Å². The summed E-state index contributed by atoms with van der Waals surface area (Å²) in [6.45, 7) is 16.6. The first-order valence-corrected chi connectivity index (χ1v) is 17.4. The molecule has 9 nitrogen and oxygen atoms in total. The summed E-state index contributed by atoms with van der Waals surface area (Å²) in [5, 5.41) is 77.2. The van der Waals surface area contributed by atoms with Gasteiger partial charge in [-0.2, -0.15) is 0 Å². The molecule has 5 aliphatic rings. The summed E-state index contributed by atoms with van der Waals surface area (Å²) in [6.07, 6.45) is -0.603. The molecule has 0 aromatic rings. The lowest BCUT2D eigenvalue weighted by Gasteiger charge is -2.72. The van der Waals surface area contributed by atoms with Gasteiger partial charge in [-0.05, 0) is 117 Å². The number of fused-ring (bicyclic) bond motifs is 5. The van der Waals surface area contributed by atoms with Crippen molar-refractivity contribution < 1.29 is 45.2 Å². The van der Waals surface area contributed by atoms with Gasteiger partial charge in [-0.15, -0.1) is 0 Å². The monoisotopic (exact) mass is 638 g/mol. The fraction of sp³-hybridized carbons (Fsp3) is 0.944. The zero-order valence-corrected chi connectivity index (χ0v) is 28.8. The Bertz CT molecular complexity index is 1100. The average molecular weight is 639 g/mol. The third-order valence-electron chi connectivity index (χ3n) is 14.4. The van der Waals surface area contributed by atoms with Gasteiger partial charge in [-0.3, -0.25) is 0 Å². The minimum Gasteiger partial charge on any atom is -0.394 e. The van der Waals surface area contributed by atoms with Crippen LogP contribution in [0.3, 0.4) is 0 Å². The first kappa shape index (κ1) is 35.7. The maximum absolute atomic E-state index is 12.1.